The van der Waals surface area contributed by atoms with Crippen molar-refractivity contribution in [2.24, 2.45) is 0 Å². The van der Waals surface area contributed by atoms with Crippen LogP contribution in [0.1, 0.15) is 21.9 Å². The van der Waals surface area contributed by atoms with Crippen molar-refractivity contribution in [2.75, 3.05) is 13.7 Å². The number of methoxy groups -OCH3 is 1. The standard InChI is InChI=1S/C18H18N4O2.C2HF3O2/c1-24-11-16-17-10-21(8-9-22(17)12-19-16)18(23)15-7-6-13-4-2-3-5-14(13)20-15;3-2(4,5)1(6)7/h2-7,12H,8-11H2,1H3;(H,6,7). The number of aliphatic carboxylic acids is 1. The zero-order valence-electron chi connectivity index (χ0n) is 16.5. The Bertz CT molecular complexity index is 1100. The Kier molecular flexibility index (Phi) is 6.54. The largest absolute Gasteiger partial charge is 0.490 e. The van der Waals surface area contributed by atoms with Crippen LogP contribution >= 0.6 is 0 Å². The van der Waals surface area contributed by atoms with E-state index in [1.807, 2.05) is 41.6 Å². The molecule has 0 fully saturated rings. The minimum Gasteiger partial charge on any atom is -0.475 e. The number of carbonyl (C=O) groups is 2. The predicted octanol–water partition coefficient (Wildman–Crippen LogP) is 2.87. The van der Waals surface area contributed by atoms with E-state index in [4.69, 9.17) is 14.6 Å². The fourth-order valence-corrected chi connectivity index (χ4v) is 3.09. The third-order valence-corrected chi connectivity index (χ3v) is 4.61. The van der Waals surface area contributed by atoms with E-state index in [0.717, 1.165) is 28.8 Å². The van der Waals surface area contributed by atoms with Crippen molar-refractivity contribution in [3.05, 3.63) is 59.8 Å². The lowest BCUT2D eigenvalue weighted by molar-refractivity contribution is -0.192. The lowest BCUT2D eigenvalue weighted by Gasteiger charge is -2.28. The highest BCUT2D eigenvalue weighted by Crippen LogP contribution is 2.20. The van der Waals surface area contributed by atoms with Crippen molar-refractivity contribution >= 4 is 22.8 Å². The van der Waals surface area contributed by atoms with Gasteiger partial charge in [0, 0.05) is 25.6 Å². The molecule has 0 atom stereocenters. The quantitative estimate of drug-likeness (QED) is 0.678. The molecular formula is C20H19F3N4O4. The van der Waals surface area contributed by atoms with E-state index in [0.29, 0.717) is 25.4 Å². The summed E-state index contributed by atoms with van der Waals surface area (Å²) in [6, 6.07) is 11.6. The first-order valence-corrected chi connectivity index (χ1v) is 9.17. The summed E-state index contributed by atoms with van der Waals surface area (Å²) in [4.78, 5) is 32.5. The van der Waals surface area contributed by atoms with Gasteiger partial charge in [0.2, 0.25) is 0 Å². The number of carboxylic acids is 1. The SMILES string of the molecule is COCc1ncn2c1CN(C(=O)c1ccc3ccccc3n1)CC2.O=C(O)C(F)(F)F. The van der Waals surface area contributed by atoms with Crippen LogP contribution < -0.4 is 0 Å². The number of imidazole rings is 1. The number of alkyl halides is 3. The van der Waals surface area contributed by atoms with Gasteiger partial charge in [0.15, 0.2) is 0 Å². The third-order valence-electron chi connectivity index (χ3n) is 4.61. The van der Waals surface area contributed by atoms with Crippen LogP contribution in [-0.4, -0.2) is 56.2 Å². The number of rotatable bonds is 3. The first-order valence-electron chi connectivity index (χ1n) is 9.17. The summed E-state index contributed by atoms with van der Waals surface area (Å²) < 4.78 is 39.0. The second kappa shape index (κ2) is 9.13. The molecule has 1 aliphatic heterocycles. The highest BCUT2D eigenvalue weighted by atomic mass is 19.4. The summed E-state index contributed by atoms with van der Waals surface area (Å²) in [5, 5.41) is 8.16. The van der Waals surface area contributed by atoms with Crippen LogP contribution in [0.2, 0.25) is 0 Å². The fourth-order valence-electron chi connectivity index (χ4n) is 3.09. The van der Waals surface area contributed by atoms with Crippen molar-refractivity contribution in [3.8, 4) is 0 Å². The summed E-state index contributed by atoms with van der Waals surface area (Å²) >= 11 is 0. The number of para-hydroxylation sites is 1. The Labute approximate surface area is 174 Å². The van der Waals surface area contributed by atoms with Gasteiger partial charge in [0.1, 0.15) is 5.69 Å². The number of fused-ring (bicyclic) bond motifs is 2. The number of ether oxygens (including phenoxy) is 1. The van der Waals surface area contributed by atoms with Crippen LogP contribution in [0.3, 0.4) is 0 Å². The summed E-state index contributed by atoms with van der Waals surface area (Å²) in [5.41, 5.74) is 3.25. The maximum absolute atomic E-state index is 12.8. The molecule has 0 saturated heterocycles. The molecule has 2 aromatic heterocycles. The van der Waals surface area contributed by atoms with Crippen LogP contribution in [0.25, 0.3) is 10.9 Å². The van der Waals surface area contributed by atoms with Gasteiger partial charge in [-0.05, 0) is 12.1 Å². The zero-order chi connectivity index (χ0) is 22.6. The fraction of sp³-hybridized carbons (Fsp3) is 0.300. The van der Waals surface area contributed by atoms with Gasteiger partial charge < -0.3 is 19.3 Å². The van der Waals surface area contributed by atoms with Crippen LogP contribution in [-0.2, 0) is 29.2 Å². The Morgan fingerprint density at radius 1 is 1.16 bits per heavy atom. The number of halogens is 3. The molecule has 3 aromatic rings. The molecule has 164 valence electrons. The van der Waals surface area contributed by atoms with E-state index < -0.39 is 12.1 Å². The van der Waals surface area contributed by atoms with E-state index in [2.05, 4.69) is 14.5 Å². The minimum atomic E-state index is -5.08. The molecule has 1 aliphatic rings. The molecule has 0 aliphatic carbocycles. The number of carbonyl (C=O) groups excluding carboxylic acids is 1. The number of hydrogen-bond donors (Lipinski definition) is 1. The third kappa shape index (κ3) is 5.18. The average Bonchev–Trinajstić information content (AvgIpc) is 3.15. The number of hydrogen-bond acceptors (Lipinski definition) is 5. The lowest BCUT2D eigenvalue weighted by Crippen LogP contribution is -2.38. The highest BCUT2D eigenvalue weighted by molar-refractivity contribution is 5.95. The van der Waals surface area contributed by atoms with Crippen LogP contribution in [0.4, 0.5) is 13.2 Å². The molecule has 4 rings (SSSR count). The molecule has 11 heteroatoms. The van der Waals surface area contributed by atoms with Gasteiger partial charge in [-0.25, -0.2) is 14.8 Å². The average molecular weight is 436 g/mol. The Balaban J connectivity index is 0.000000339. The maximum atomic E-state index is 12.8. The van der Waals surface area contributed by atoms with Crippen molar-refractivity contribution < 1.29 is 32.6 Å². The topological polar surface area (TPSA) is 97.5 Å². The zero-order valence-corrected chi connectivity index (χ0v) is 16.5. The van der Waals surface area contributed by atoms with E-state index in [-0.39, 0.29) is 5.91 Å². The number of pyridine rings is 1. The van der Waals surface area contributed by atoms with Crippen LogP contribution in [0.15, 0.2) is 42.7 Å². The molecule has 31 heavy (non-hydrogen) atoms. The van der Waals surface area contributed by atoms with E-state index >= 15 is 0 Å². The molecule has 0 radical (unpaired) electrons. The molecule has 8 nitrogen and oxygen atoms in total. The minimum absolute atomic E-state index is 0.0448. The second-order valence-corrected chi connectivity index (χ2v) is 6.68. The maximum Gasteiger partial charge on any atom is 0.490 e. The Morgan fingerprint density at radius 2 is 1.87 bits per heavy atom. The molecule has 0 saturated carbocycles. The van der Waals surface area contributed by atoms with Crippen LogP contribution in [0, 0.1) is 0 Å². The Hall–Kier alpha value is -3.47. The van der Waals surface area contributed by atoms with E-state index in [9.17, 15) is 18.0 Å². The van der Waals surface area contributed by atoms with Gasteiger partial charge in [-0.3, -0.25) is 4.79 Å². The summed E-state index contributed by atoms with van der Waals surface area (Å²) in [5.74, 6) is -2.80. The van der Waals surface area contributed by atoms with Gasteiger partial charge in [0.25, 0.3) is 5.91 Å². The van der Waals surface area contributed by atoms with E-state index in [1.165, 1.54) is 0 Å². The monoisotopic (exact) mass is 436 g/mol. The number of aromatic nitrogens is 3. The van der Waals surface area contributed by atoms with Gasteiger partial charge in [-0.2, -0.15) is 13.2 Å². The van der Waals surface area contributed by atoms with Crippen molar-refractivity contribution in [1.82, 2.24) is 19.4 Å². The van der Waals surface area contributed by atoms with Gasteiger partial charge in [0.05, 0.1) is 36.4 Å². The summed E-state index contributed by atoms with van der Waals surface area (Å²) in [7, 11) is 1.65. The molecule has 0 unspecified atom stereocenters. The van der Waals surface area contributed by atoms with Crippen molar-refractivity contribution in [2.45, 2.75) is 25.9 Å². The number of amides is 1. The molecule has 0 spiro atoms. The first-order chi connectivity index (χ1) is 14.7. The smallest absolute Gasteiger partial charge is 0.475 e. The first kappa shape index (κ1) is 22.2. The number of nitrogens with zero attached hydrogens (tertiary/aromatic N) is 4. The van der Waals surface area contributed by atoms with Crippen molar-refractivity contribution in [3.63, 3.8) is 0 Å². The molecule has 3 heterocycles. The molecule has 0 bridgehead atoms. The van der Waals surface area contributed by atoms with Crippen molar-refractivity contribution in [1.29, 1.82) is 0 Å². The van der Waals surface area contributed by atoms with Crippen LogP contribution in [0.5, 0.6) is 0 Å². The molecule has 1 amide bonds. The van der Waals surface area contributed by atoms with Gasteiger partial charge >= 0.3 is 12.1 Å². The lowest BCUT2D eigenvalue weighted by atomic mass is 10.2. The summed E-state index contributed by atoms with van der Waals surface area (Å²) in [6.07, 6.45) is -3.26. The van der Waals surface area contributed by atoms with Gasteiger partial charge in [-0.15, -0.1) is 0 Å². The normalized spacial score (nSPS) is 13.4. The summed E-state index contributed by atoms with van der Waals surface area (Å²) in [6.45, 7) is 2.39. The molecular weight excluding hydrogens is 417 g/mol. The highest BCUT2D eigenvalue weighted by Gasteiger charge is 2.38. The predicted molar refractivity (Wildman–Crippen MR) is 103 cm³/mol. The van der Waals surface area contributed by atoms with Gasteiger partial charge in [-0.1, -0.05) is 24.3 Å². The second-order valence-electron chi connectivity index (χ2n) is 6.68. The molecule has 1 N–H and O–H groups in total. The molecule has 1 aromatic carbocycles. The van der Waals surface area contributed by atoms with E-state index in [1.54, 1.807) is 13.2 Å². The number of carboxylic acid groups (broad SMARTS) is 1. The number of benzene rings is 1. The Morgan fingerprint density at radius 3 is 2.55 bits per heavy atom.